The highest BCUT2D eigenvalue weighted by molar-refractivity contribution is 5.87. The monoisotopic (exact) mass is 282 g/mol. The molecule has 0 aliphatic heterocycles. The Bertz CT molecular complexity index is 782. The maximum atomic E-state index is 11.1. The molecule has 0 aliphatic carbocycles. The van der Waals surface area contributed by atoms with Crippen molar-refractivity contribution in [1.82, 2.24) is 24.7 Å². The van der Waals surface area contributed by atoms with E-state index in [4.69, 9.17) is 10.8 Å². The first-order valence-corrected chi connectivity index (χ1v) is 5.97. The highest BCUT2D eigenvalue weighted by Gasteiger charge is 2.17. The average Bonchev–Trinajstić information content (AvgIpc) is 2.94. The Morgan fingerprint density at radius 3 is 2.71 bits per heavy atom. The Labute approximate surface area is 118 Å². The zero-order chi connectivity index (χ0) is 14.8. The van der Waals surface area contributed by atoms with Crippen LogP contribution in [0, 0.1) is 0 Å². The van der Waals surface area contributed by atoms with E-state index in [9.17, 15) is 4.79 Å². The van der Waals surface area contributed by atoms with Crippen LogP contribution in [0.1, 0.15) is 10.5 Å². The summed E-state index contributed by atoms with van der Waals surface area (Å²) >= 11 is 0. The van der Waals surface area contributed by atoms with E-state index in [1.165, 1.54) is 23.1 Å². The van der Waals surface area contributed by atoms with Crippen molar-refractivity contribution in [3.63, 3.8) is 0 Å². The van der Waals surface area contributed by atoms with Gasteiger partial charge in [0.25, 0.3) is 0 Å². The van der Waals surface area contributed by atoms with Crippen LogP contribution in [-0.2, 0) is 0 Å². The van der Waals surface area contributed by atoms with Gasteiger partial charge in [0.2, 0.25) is 0 Å². The van der Waals surface area contributed by atoms with Gasteiger partial charge in [-0.05, 0) is 12.1 Å². The Morgan fingerprint density at radius 2 is 2.10 bits per heavy atom. The van der Waals surface area contributed by atoms with Crippen LogP contribution in [0.15, 0.2) is 43.0 Å². The van der Waals surface area contributed by atoms with Gasteiger partial charge in [-0.25, -0.2) is 19.4 Å². The van der Waals surface area contributed by atoms with Gasteiger partial charge < -0.3 is 10.8 Å². The predicted octanol–water partition coefficient (Wildman–Crippen LogP) is 1.00. The SMILES string of the molecule is Nc1cnc(-c2cc(C(=O)O)nn2-c2cccnc2)cn1. The molecule has 3 N–H and O–H groups in total. The minimum atomic E-state index is -1.12. The number of nitrogen functional groups attached to an aromatic ring is 1. The summed E-state index contributed by atoms with van der Waals surface area (Å²) in [6.45, 7) is 0. The third-order valence-electron chi connectivity index (χ3n) is 2.75. The number of carboxylic acid groups (broad SMARTS) is 1. The van der Waals surface area contributed by atoms with Crippen molar-refractivity contribution in [3.8, 4) is 17.1 Å². The van der Waals surface area contributed by atoms with Gasteiger partial charge >= 0.3 is 5.97 Å². The molecule has 8 heteroatoms. The molecule has 3 aromatic rings. The lowest BCUT2D eigenvalue weighted by molar-refractivity contribution is 0.0690. The van der Waals surface area contributed by atoms with Crippen molar-refractivity contribution in [3.05, 3.63) is 48.7 Å². The summed E-state index contributed by atoms with van der Waals surface area (Å²) in [6.07, 6.45) is 6.06. The van der Waals surface area contributed by atoms with E-state index in [-0.39, 0.29) is 11.5 Å². The number of pyridine rings is 1. The van der Waals surface area contributed by atoms with Gasteiger partial charge in [0.05, 0.1) is 30.0 Å². The van der Waals surface area contributed by atoms with Gasteiger partial charge in [0.1, 0.15) is 11.5 Å². The fraction of sp³-hybridized carbons (Fsp3) is 0. The minimum absolute atomic E-state index is 0.0903. The maximum Gasteiger partial charge on any atom is 0.356 e. The van der Waals surface area contributed by atoms with Crippen molar-refractivity contribution in [1.29, 1.82) is 0 Å². The molecule has 0 fully saturated rings. The summed E-state index contributed by atoms with van der Waals surface area (Å²) in [4.78, 5) is 23.2. The Balaban J connectivity index is 2.19. The van der Waals surface area contributed by atoms with Gasteiger partial charge in [-0.1, -0.05) is 0 Å². The molecule has 3 rings (SSSR count). The number of nitrogens with two attached hydrogens (primary N) is 1. The van der Waals surface area contributed by atoms with Crippen molar-refractivity contribution in [2.24, 2.45) is 0 Å². The van der Waals surface area contributed by atoms with Crippen LogP contribution in [0.25, 0.3) is 17.1 Å². The molecular formula is C13H10N6O2. The number of hydrogen-bond donors (Lipinski definition) is 2. The number of nitrogens with zero attached hydrogens (tertiary/aromatic N) is 5. The standard InChI is InChI=1S/C13H10N6O2/c14-12-7-16-10(6-17-12)11-4-9(13(20)21)18-19(11)8-2-1-3-15-5-8/h1-7H,(H2,14,17)(H,20,21). The maximum absolute atomic E-state index is 11.1. The zero-order valence-electron chi connectivity index (χ0n) is 10.7. The molecule has 0 saturated carbocycles. The van der Waals surface area contributed by atoms with Crippen LogP contribution in [0.3, 0.4) is 0 Å². The quantitative estimate of drug-likeness (QED) is 0.735. The number of aromatic carboxylic acids is 1. The second kappa shape index (κ2) is 5.00. The van der Waals surface area contributed by atoms with E-state index in [1.807, 2.05) is 0 Å². The molecule has 3 heterocycles. The van der Waals surface area contributed by atoms with Crippen molar-refractivity contribution < 1.29 is 9.90 Å². The van der Waals surface area contributed by atoms with Gasteiger partial charge in [-0.2, -0.15) is 5.10 Å². The molecule has 0 aliphatic rings. The van der Waals surface area contributed by atoms with E-state index in [2.05, 4.69) is 20.1 Å². The normalized spacial score (nSPS) is 10.5. The Kier molecular flexibility index (Phi) is 3.03. The number of anilines is 1. The number of hydrogen-bond acceptors (Lipinski definition) is 6. The fourth-order valence-electron chi connectivity index (χ4n) is 1.81. The lowest BCUT2D eigenvalue weighted by Crippen LogP contribution is -2.03. The predicted molar refractivity (Wildman–Crippen MR) is 73.8 cm³/mol. The van der Waals surface area contributed by atoms with Crippen molar-refractivity contribution in [2.45, 2.75) is 0 Å². The zero-order valence-corrected chi connectivity index (χ0v) is 10.7. The molecule has 0 aromatic carbocycles. The molecule has 0 bridgehead atoms. The second-order valence-corrected chi connectivity index (χ2v) is 4.17. The van der Waals surface area contributed by atoms with E-state index in [0.29, 0.717) is 17.1 Å². The summed E-state index contributed by atoms with van der Waals surface area (Å²) in [7, 11) is 0. The van der Waals surface area contributed by atoms with E-state index in [1.54, 1.807) is 24.5 Å². The number of carbonyl (C=O) groups is 1. The first kappa shape index (κ1) is 12.7. The molecule has 8 nitrogen and oxygen atoms in total. The first-order chi connectivity index (χ1) is 10.1. The highest BCUT2D eigenvalue weighted by atomic mass is 16.4. The molecule has 3 aromatic heterocycles. The first-order valence-electron chi connectivity index (χ1n) is 5.97. The summed E-state index contributed by atoms with van der Waals surface area (Å²) in [5, 5.41) is 13.2. The van der Waals surface area contributed by atoms with Crippen LogP contribution in [0.2, 0.25) is 0 Å². The van der Waals surface area contributed by atoms with Crippen LogP contribution < -0.4 is 5.73 Å². The third kappa shape index (κ3) is 2.41. The topological polar surface area (TPSA) is 120 Å². The molecular weight excluding hydrogens is 272 g/mol. The minimum Gasteiger partial charge on any atom is -0.476 e. The molecule has 0 unspecified atom stereocenters. The van der Waals surface area contributed by atoms with Crippen LogP contribution in [-0.4, -0.2) is 35.8 Å². The molecule has 0 radical (unpaired) electrons. The largest absolute Gasteiger partial charge is 0.476 e. The third-order valence-corrected chi connectivity index (χ3v) is 2.75. The van der Waals surface area contributed by atoms with Crippen molar-refractivity contribution in [2.75, 3.05) is 5.73 Å². The summed E-state index contributed by atoms with van der Waals surface area (Å²) in [6, 6.07) is 4.92. The van der Waals surface area contributed by atoms with E-state index in [0.717, 1.165) is 0 Å². The van der Waals surface area contributed by atoms with E-state index >= 15 is 0 Å². The lowest BCUT2D eigenvalue weighted by atomic mass is 10.2. The summed E-state index contributed by atoms with van der Waals surface area (Å²) in [5.74, 6) is -0.841. The molecule has 0 amide bonds. The molecule has 0 atom stereocenters. The van der Waals surface area contributed by atoms with Gasteiger partial charge in [0.15, 0.2) is 5.69 Å². The number of aromatic nitrogens is 5. The van der Waals surface area contributed by atoms with Crippen LogP contribution in [0.4, 0.5) is 5.82 Å². The highest BCUT2D eigenvalue weighted by Crippen LogP contribution is 2.21. The van der Waals surface area contributed by atoms with Crippen molar-refractivity contribution >= 4 is 11.8 Å². The van der Waals surface area contributed by atoms with E-state index < -0.39 is 5.97 Å². The Hall–Kier alpha value is -3.29. The lowest BCUT2D eigenvalue weighted by Gasteiger charge is -2.05. The average molecular weight is 282 g/mol. The second-order valence-electron chi connectivity index (χ2n) is 4.17. The molecule has 0 spiro atoms. The molecule has 21 heavy (non-hydrogen) atoms. The van der Waals surface area contributed by atoms with Gasteiger partial charge in [-0.3, -0.25) is 4.98 Å². The van der Waals surface area contributed by atoms with Gasteiger partial charge in [0, 0.05) is 12.3 Å². The van der Waals surface area contributed by atoms with Crippen LogP contribution >= 0.6 is 0 Å². The smallest absolute Gasteiger partial charge is 0.356 e. The summed E-state index contributed by atoms with van der Waals surface area (Å²) < 4.78 is 1.46. The molecule has 104 valence electrons. The van der Waals surface area contributed by atoms with Crippen LogP contribution in [0.5, 0.6) is 0 Å². The summed E-state index contributed by atoms with van der Waals surface area (Å²) in [5.41, 5.74) is 7.00. The Morgan fingerprint density at radius 1 is 1.24 bits per heavy atom. The number of carboxylic acids is 1. The number of rotatable bonds is 3. The fourth-order valence-corrected chi connectivity index (χ4v) is 1.81. The molecule has 0 saturated heterocycles. The van der Waals surface area contributed by atoms with Gasteiger partial charge in [-0.15, -0.1) is 0 Å².